The molecular weight excluding hydrogens is 491 g/mol. The van der Waals surface area contributed by atoms with Crippen LogP contribution in [0.1, 0.15) is 83.8 Å². The van der Waals surface area contributed by atoms with Crippen molar-refractivity contribution >= 4 is 29.9 Å². The highest BCUT2D eigenvalue weighted by Gasteiger charge is 2.57. The molecule has 0 radical (unpaired) electrons. The third-order valence-electron chi connectivity index (χ3n) is 7.05. The molecule has 1 aliphatic heterocycles. The number of halogens is 1. The lowest BCUT2D eigenvalue weighted by Gasteiger charge is -2.54. The number of aromatic nitrogens is 3. The Balaban J connectivity index is 0.00000256. The predicted molar refractivity (Wildman–Crippen MR) is 131 cm³/mol. The topological polar surface area (TPSA) is 76.4 Å². The highest BCUT2D eigenvalue weighted by atomic mass is 127. The number of nitrogens with one attached hydrogen (secondary N) is 2. The molecule has 2 saturated carbocycles. The van der Waals surface area contributed by atoms with E-state index in [0.29, 0.717) is 29.5 Å². The van der Waals surface area contributed by atoms with E-state index in [1.807, 2.05) is 0 Å². The van der Waals surface area contributed by atoms with Gasteiger partial charge in [-0.25, -0.2) is 9.67 Å². The number of fused-ring (bicyclic) bond motifs is 1. The summed E-state index contributed by atoms with van der Waals surface area (Å²) < 4.78 is 8.17. The van der Waals surface area contributed by atoms with Crippen LogP contribution in [0.5, 0.6) is 0 Å². The van der Waals surface area contributed by atoms with Gasteiger partial charge < -0.3 is 15.4 Å². The van der Waals surface area contributed by atoms with E-state index in [2.05, 4.69) is 43.0 Å². The Labute approximate surface area is 198 Å². The quantitative estimate of drug-likeness (QED) is 0.334. The molecule has 0 bridgehead atoms. The zero-order valence-electron chi connectivity index (χ0n) is 19.0. The molecule has 0 saturated heterocycles. The van der Waals surface area contributed by atoms with E-state index in [1.165, 1.54) is 25.7 Å². The first-order valence-electron chi connectivity index (χ1n) is 11.7. The maximum Gasteiger partial charge on any atom is 0.191 e. The fraction of sp³-hybridized carbons (Fsp3) is 0.864. The van der Waals surface area contributed by atoms with Gasteiger partial charge in [-0.1, -0.05) is 26.7 Å². The molecule has 0 aromatic carbocycles. The summed E-state index contributed by atoms with van der Waals surface area (Å²) in [6.45, 7) is 11.0. The Bertz CT molecular complexity index is 727. The van der Waals surface area contributed by atoms with Crippen LogP contribution in [0.25, 0.3) is 0 Å². The van der Waals surface area contributed by atoms with Crippen LogP contribution in [0.15, 0.2) is 4.99 Å². The van der Waals surface area contributed by atoms with Crippen molar-refractivity contribution in [1.29, 1.82) is 0 Å². The molecule has 1 aromatic heterocycles. The Morgan fingerprint density at radius 1 is 1.27 bits per heavy atom. The van der Waals surface area contributed by atoms with Crippen molar-refractivity contribution in [1.82, 2.24) is 25.4 Å². The van der Waals surface area contributed by atoms with Gasteiger partial charge in [0.2, 0.25) is 0 Å². The maximum absolute atomic E-state index is 6.08. The largest absolute Gasteiger partial charge is 0.378 e. The lowest BCUT2D eigenvalue weighted by Crippen LogP contribution is -2.65. The zero-order chi connectivity index (χ0) is 20.4. The van der Waals surface area contributed by atoms with Crippen molar-refractivity contribution in [2.75, 3.05) is 13.2 Å². The van der Waals surface area contributed by atoms with E-state index in [4.69, 9.17) is 19.8 Å². The van der Waals surface area contributed by atoms with E-state index < -0.39 is 0 Å². The van der Waals surface area contributed by atoms with Crippen molar-refractivity contribution in [3.05, 3.63) is 11.6 Å². The minimum atomic E-state index is 0. The summed E-state index contributed by atoms with van der Waals surface area (Å²) in [7, 11) is 0. The summed E-state index contributed by atoms with van der Waals surface area (Å²) >= 11 is 0. The maximum atomic E-state index is 6.08. The van der Waals surface area contributed by atoms with Crippen LogP contribution in [-0.2, 0) is 17.7 Å². The van der Waals surface area contributed by atoms with Gasteiger partial charge in [-0.3, -0.25) is 4.99 Å². The van der Waals surface area contributed by atoms with Gasteiger partial charge in [0.15, 0.2) is 11.8 Å². The SMILES string of the molecule is CCN=C(NC1CCc2nc(C(C)C)nn2C1)NC1CC(OCC)C12CCCC2.I. The van der Waals surface area contributed by atoms with Crippen molar-refractivity contribution in [3.63, 3.8) is 0 Å². The molecule has 2 aliphatic carbocycles. The Kier molecular flexibility index (Phi) is 8.03. The van der Waals surface area contributed by atoms with Gasteiger partial charge in [0, 0.05) is 43.0 Å². The van der Waals surface area contributed by atoms with Gasteiger partial charge in [-0.2, -0.15) is 5.10 Å². The molecule has 7 nitrogen and oxygen atoms in total. The molecule has 4 rings (SSSR count). The molecule has 1 spiro atoms. The van der Waals surface area contributed by atoms with Crippen molar-refractivity contribution in [3.8, 4) is 0 Å². The molecule has 3 aliphatic rings. The number of aliphatic imine (C=N–C) groups is 1. The third kappa shape index (κ3) is 4.64. The lowest BCUT2D eigenvalue weighted by molar-refractivity contribution is -0.125. The Hall–Kier alpha value is -0.900. The average molecular weight is 530 g/mol. The highest BCUT2D eigenvalue weighted by Crippen LogP contribution is 2.54. The molecule has 2 fully saturated rings. The van der Waals surface area contributed by atoms with Crippen LogP contribution >= 0.6 is 24.0 Å². The Morgan fingerprint density at radius 2 is 2.03 bits per heavy atom. The normalized spacial score (nSPS) is 27.5. The molecule has 8 heteroatoms. The molecule has 170 valence electrons. The predicted octanol–water partition coefficient (Wildman–Crippen LogP) is 3.63. The number of ether oxygens (including phenoxy) is 1. The van der Waals surface area contributed by atoms with E-state index in [-0.39, 0.29) is 24.0 Å². The second-order valence-corrected chi connectivity index (χ2v) is 9.24. The number of guanidine groups is 1. The van der Waals surface area contributed by atoms with Gasteiger partial charge in [-0.15, -0.1) is 24.0 Å². The first-order valence-corrected chi connectivity index (χ1v) is 11.7. The summed E-state index contributed by atoms with van der Waals surface area (Å²) in [5.74, 6) is 3.41. The second kappa shape index (κ2) is 10.1. The fourth-order valence-corrected chi connectivity index (χ4v) is 5.43. The molecule has 0 amide bonds. The molecule has 3 atom stereocenters. The van der Waals surface area contributed by atoms with Gasteiger partial charge in [0.1, 0.15) is 5.82 Å². The number of aryl methyl sites for hydroxylation is 1. The molecule has 2 N–H and O–H groups in total. The second-order valence-electron chi connectivity index (χ2n) is 9.24. The summed E-state index contributed by atoms with van der Waals surface area (Å²) in [6.07, 6.45) is 8.74. The monoisotopic (exact) mass is 530 g/mol. The minimum Gasteiger partial charge on any atom is -0.378 e. The molecule has 3 unspecified atom stereocenters. The van der Waals surface area contributed by atoms with Gasteiger partial charge in [0.05, 0.1) is 12.6 Å². The van der Waals surface area contributed by atoms with Crippen LogP contribution in [0, 0.1) is 5.41 Å². The number of hydrogen-bond acceptors (Lipinski definition) is 4. The fourth-order valence-electron chi connectivity index (χ4n) is 5.43. The molecular formula is C22H39IN6O. The third-order valence-corrected chi connectivity index (χ3v) is 7.05. The number of nitrogens with zero attached hydrogens (tertiary/aromatic N) is 4. The first kappa shape index (κ1) is 23.8. The zero-order valence-corrected chi connectivity index (χ0v) is 21.3. The van der Waals surface area contributed by atoms with E-state index in [9.17, 15) is 0 Å². The summed E-state index contributed by atoms with van der Waals surface area (Å²) in [5.41, 5.74) is 0.310. The summed E-state index contributed by atoms with van der Waals surface area (Å²) in [5, 5.41) is 12.2. The van der Waals surface area contributed by atoms with Crippen LogP contribution in [0.4, 0.5) is 0 Å². The molecule has 2 heterocycles. The van der Waals surface area contributed by atoms with Crippen LogP contribution in [-0.4, -0.2) is 52.1 Å². The standard InChI is InChI=1S/C22H38N6O.HI/c1-5-23-21(25-17-13-18(29-6-2)22(17)11-7-8-12-22)24-16-9-10-19-26-20(15(3)4)27-28(19)14-16;/h15-18H,5-14H2,1-4H3,(H2,23,24,25);1H. The van der Waals surface area contributed by atoms with Crippen LogP contribution in [0.3, 0.4) is 0 Å². The molecule has 30 heavy (non-hydrogen) atoms. The minimum absolute atomic E-state index is 0. The number of hydrogen-bond donors (Lipinski definition) is 2. The van der Waals surface area contributed by atoms with Crippen molar-refractivity contribution < 1.29 is 4.74 Å². The van der Waals surface area contributed by atoms with E-state index in [0.717, 1.165) is 56.6 Å². The smallest absolute Gasteiger partial charge is 0.191 e. The van der Waals surface area contributed by atoms with E-state index in [1.54, 1.807) is 0 Å². The van der Waals surface area contributed by atoms with E-state index >= 15 is 0 Å². The van der Waals surface area contributed by atoms with Crippen LogP contribution in [0.2, 0.25) is 0 Å². The summed E-state index contributed by atoms with van der Waals surface area (Å²) in [4.78, 5) is 9.47. The summed E-state index contributed by atoms with van der Waals surface area (Å²) in [6, 6.07) is 0.807. The van der Waals surface area contributed by atoms with Crippen LogP contribution < -0.4 is 10.6 Å². The Morgan fingerprint density at radius 3 is 2.70 bits per heavy atom. The number of rotatable bonds is 6. The van der Waals surface area contributed by atoms with Crippen molar-refractivity contribution in [2.24, 2.45) is 10.4 Å². The van der Waals surface area contributed by atoms with Gasteiger partial charge >= 0.3 is 0 Å². The first-order chi connectivity index (χ1) is 14.1. The van der Waals surface area contributed by atoms with Gasteiger partial charge in [0.25, 0.3) is 0 Å². The lowest BCUT2D eigenvalue weighted by atomic mass is 9.60. The molecule has 1 aromatic rings. The highest BCUT2D eigenvalue weighted by molar-refractivity contribution is 14.0. The van der Waals surface area contributed by atoms with Crippen molar-refractivity contribution in [2.45, 2.75) is 103 Å². The average Bonchev–Trinajstić information content (AvgIpc) is 3.36. The van der Waals surface area contributed by atoms with Gasteiger partial charge in [-0.05, 0) is 39.5 Å².